The van der Waals surface area contributed by atoms with Crippen LogP contribution in [0.5, 0.6) is 0 Å². The van der Waals surface area contributed by atoms with E-state index in [4.69, 9.17) is 4.42 Å². The maximum absolute atomic E-state index is 6.22. The molecule has 23 heavy (non-hydrogen) atoms. The van der Waals surface area contributed by atoms with E-state index < -0.39 is 0 Å². The van der Waals surface area contributed by atoms with E-state index in [-0.39, 0.29) is 0 Å². The van der Waals surface area contributed by atoms with E-state index in [0.29, 0.717) is 0 Å². The predicted molar refractivity (Wildman–Crippen MR) is 94.0 cm³/mol. The molecule has 0 atom stereocenters. The summed E-state index contributed by atoms with van der Waals surface area (Å²) in [5.41, 5.74) is 3.46. The minimum Gasteiger partial charge on any atom is -0.387 e. The van der Waals surface area contributed by atoms with Crippen molar-refractivity contribution in [3.05, 3.63) is 66.4 Å². The average Bonchev–Trinajstić information content (AvgIpc) is 3.03. The first-order chi connectivity index (χ1) is 11.2. The van der Waals surface area contributed by atoms with Crippen molar-refractivity contribution < 1.29 is 8.98 Å². The van der Waals surface area contributed by atoms with E-state index in [1.165, 1.54) is 5.56 Å². The van der Waals surface area contributed by atoms with Crippen molar-refractivity contribution >= 4 is 6.01 Å². The van der Waals surface area contributed by atoms with Crippen molar-refractivity contribution in [2.45, 2.75) is 20.8 Å². The van der Waals surface area contributed by atoms with Crippen molar-refractivity contribution in [3.63, 3.8) is 0 Å². The first kappa shape index (κ1) is 15.3. The lowest BCUT2D eigenvalue weighted by Crippen LogP contribution is -2.38. The average molecular weight is 307 g/mol. The second-order valence-corrected chi connectivity index (χ2v) is 5.62. The van der Waals surface area contributed by atoms with Crippen LogP contribution in [0, 0.1) is 6.92 Å². The first-order valence-electron chi connectivity index (χ1n) is 8.15. The highest BCUT2D eigenvalue weighted by atomic mass is 16.4. The minimum atomic E-state index is 0.873. The van der Waals surface area contributed by atoms with Crippen LogP contribution in [0.15, 0.2) is 65.2 Å². The molecule has 1 aromatic heterocycles. The summed E-state index contributed by atoms with van der Waals surface area (Å²) in [4.78, 5) is 2.23. The number of nitrogens with zero attached hydrogens (tertiary/aromatic N) is 2. The third kappa shape index (κ3) is 3.14. The van der Waals surface area contributed by atoms with Crippen LogP contribution in [0.4, 0.5) is 6.01 Å². The van der Waals surface area contributed by atoms with E-state index >= 15 is 0 Å². The van der Waals surface area contributed by atoms with Crippen LogP contribution in [0.3, 0.4) is 0 Å². The SMILES string of the molecule is CCN(CC)c1oc(-c2ccccc2)c[n+]1-c1ccc(C)cc1. The minimum absolute atomic E-state index is 0.873. The van der Waals surface area contributed by atoms with E-state index in [9.17, 15) is 0 Å². The molecular formula is C20H23N2O+. The summed E-state index contributed by atoms with van der Waals surface area (Å²) < 4.78 is 8.35. The molecule has 0 bridgehead atoms. The van der Waals surface area contributed by atoms with Crippen molar-refractivity contribution in [3.8, 4) is 17.0 Å². The van der Waals surface area contributed by atoms with Gasteiger partial charge in [-0.05, 0) is 32.9 Å². The van der Waals surface area contributed by atoms with Gasteiger partial charge in [-0.15, -0.1) is 0 Å². The van der Waals surface area contributed by atoms with Crippen molar-refractivity contribution in [1.29, 1.82) is 0 Å². The molecule has 0 aliphatic carbocycles. The molecule has 0 N–H and O–H groups in total. The van der Waals surface area contributed by atoms with Gasteiger partial charge in [-0.1, -0.05) is 48.0 Å². The largest absolute Gasteiger partial charge is 0.462 e. The molecule has 3 rings (SSSR count). The Bertz CT molecular complexity index is 756. The summed E-state index contributed by atoms with van der Waals surface area (Å²) in [6.45, 7) is 8.21. The monoisotopic (exact) mass is 307 g/mol. The Morgan fingerprint density at radius 2 is 1.57 bits per heavy atom. The maximum Gasteiger partial charge on any atom is 0.462 e. The van der Waals surface area contributed by atoms with Crippen LogP contribution in [0.1, 0.15) is 19.4 Å². The zero-order valence-electron chi connectivity index (χ0n) is 14.0. The lowest BCUT2D eigenvalue weighted by molar-refractivity contribution is -0.584. The fraction of sp³-hybridized carbons (Fsp3) is 0.250. The van der Waals surface area contributed by atoms with Gasteiger partial charge in [0.1, 0.15) is 11.9 Å². The molecule has 1 heterocycles. The second kappa shape index (κ2) is 6.69. The zero-order chi connectivity index (χ0) is 16.2. The maximum atomic E-state index is 6.22. The topological polar surface area (TPSA) is 20.3 Å². The normalized spacial score (nSPS) is 10.7. The van der Waals surface area contributed by atoms with Crippen molar-refractivity contribution in [2.24, 2.45) is 0 Å². The van der Waals surface area contributed by atoms with Crippen LogP contribution in [0.25, 0.3) is 17.0 Å². The number of benzene rings is 2. The van der Waals surface area contributed by atoms with Gasteiger partial charge >= 0.3 is 6.01 Å². The molecular weight excluding hydrogens is 284 g/mol. The molecule has 118 valence electrons. The van der Waals surface area contributed by atoms with Gasteiger partial charge in [0.2, 0.25) is 0 Å². The number of aryl methyl sites for hydroxylation is 1. The molecule has 3 nitrogen and oxygen atoms in total. The smallest absolute Gasteiger partial charge is 0.387 e. The summed E-state index contributed by atoms with van der Waals surface area (Å²) in [5, 5.41) is 0. The van der Waals surface area contributed by atoms with E-state index in [1.807, 2.05) is 18.2 Å². The van der Waals surface area contributed by atoms with E-state index in [0.717, 1.165) is 36.1 Å². The van der Waals surface area contributed by atoms with Gasteiger partial charge in [0.05, 0.1) is 13.1 Å². The third-order valence-electron chi connectivity index (χ3n) is 4.06. The highest BCUT2D eigenvalue weighted by Gasteiger charge is 2.25. The molecule has 3 aromatic rings. The molecule has 0 amide bonds. The standard InChI is InChI=1S/C20H23N2O/c1-4-21(5-2)20-22(18-13-11-16(3)12-14-18)15-19(23-20)17-9-7-6-8-10-17/h6-15H,4-5H2,1-3H3/q+1. The number of hydrogen-bond donors (Lipinski definition) is 0. The van der Waals surface area contributed by atoms with E-state index in [2.05, 4.69) is 72.8 Å². The molecule has 0 saturated heterocycles. The molecule has 0 radical (unpaired) electrons. The highest BCUT2D eigenvalue weighted by molar-refractivity contribution is 5.56. The summed E-state index contributed by atoms with van der Waals surface area (Å²) >= 11 is 0. The Kier molecular flexibility index (Phi) is 4.47. The summed E-state index contributed by atoms with van der Waals surface area (Å²) in [7, 11) is 0. The van der Waals surface area contributed by atoms with Crippen LogP contribution < -0.4 is 9.47 Å². The molecule has 0 aliphatic heterocycles. The second-order valence-electron chi connectivity index (χ2n) is 5.62. The predicted octanol–water partition coefficient (Wildman–Crippen LogP) is 4.38. The molecule has 0 unspecified atom stereocenters. The van der Waals surface area contributed by atoms with Crippen molar-refractivity contribution in [2.75, 3.05) is 18.0 Å². The number of anilines is 1. The third-order valence-corrected chi connectivity index (χ3v) is 4.06. The highest BCUT2D eigenvalue weighted by Crippen LogP contribution is 2.24. The molecule has 0 fully saturated rings. The number of rotatable bonds is 5. The Morgan fingerprint density at radius 3 is 2.17 bits per heavy atom. The number of hydrogen-bond acceptors (Lipinski definition) is 2. The van der Waals surface area contributed by atoms with Gasteiger partial charge < -0.3 is 4.42 Å². The fourth-order valence-corrected chi connectivity index (χ4v) is 2.68. The van der Waals surface area contributed by atoms with Gasteiger partial charge in [-0.2, -0.15) is 4.57 Å². The lowest BCUT2D eigenvalue weighted by Gasteiger charge is -2.10. The summed E-state index contributed by atoms with van der Waals surface area (Å²) in [5.74, 6) is 0.882. The van der Waals surface area contributed by atoms with Gasteiger partial charge in [-0.3, -0.25) is 0 Å². The number of aromatic nitrogens is 1. The van der Waals surface area contributed by atoms with Gasteiger partial charge in [-0.25, -0.2) is 4.90 Å². The van der Waals surface area contributed by atoms with Crippen LogP contribution in [-0.4, -0.2) is 13.1 Å². The fourth-order valence-electron chi connectivity index (χ4n) is 2.68. The van der Waals surface area contributed by atoms with Crippen molar-refractivity contribution in [1.82, 2.24) is 0 Å². The zero-order valence-corrected chi connectivity index (χ0v) is 14.0. The summed E-state index contributed by atoms with van der Waals surface area (Å²) in [6, 6.07) is 19.6. The Labute approximate surface area is 137 Å². The van der Waals surface area contributed by atoms with Gasteiger partial charge in [0.25, 0.3) is 0 Å². The van der Waals surface area contributed by atoms with Gasteiger partial charge in [0.15, 0.2) is 5.76 Å². The van der Waals surface area contributed by atoms with Crippen LogP contribution in [0.2, 0.25) is 0 Å². The number of oxazole rings is 1. The Balaban J connectivity index is 2.12. The van der Waals surface area contributed by atoms with Gasteiger partial charge in [0, 0.05) is 5.56 Å². The molecule has 3 heteroatoms. The first-order valence-corrected chi connectivity index (χ1v) is 8.15. The molecule has 0 spiro atoms. The molecule has 0 saturated carbocycles. The van der Waals surface area contributed by atoms with Crippen LogP contribution >= 0.6 is 0 Å². The quantitative estimate of drug-likeness (QED) is 0.652. The van der Waals surface area contributed by atoms with E-state index in [1.54, 1.807) is 0 Å². The lowest BCUT2D eigenvalue weighted by atomic mass is 10.2. The molecule has 0 aliphatic rings. The Morgan fingerprint density at radius 1 is 0.913 bits per heavy atom. The van der Waals surface area contributed by atoms with Crippen LogP contribution in [-0.2, 0) is 0 Å². The molecule has 2 aromatic carbocycles. The Hall–Kier alpha value is -2.55. The summed E-state index contributed by atoms with van der Waals surface area (Å²) in [6.07, 6.45) is 2.08.